The van der Waals surface area contributed by atoms with E-state index in [1.165, 1.54) is 12.6 Å². The van der Waals surface area contributed by atoms with Crippen LogP contribution in [0.1, 0.15) is 45.6 Å². The van der Waals surface area contributed by atoms with Crippen LogP contribution in [0.25, 0.3) is 0 Å². The van der Waals surface area contributed by atoms with E-state index in [0.717, 1.165) is 25.5 Å². The fourth-order valence-electron chi connectivity index (χ4n) is 3.45. The zero-order chi connectivity index (χ0) is 19.3. The Labute approximate surface area is 150 Å². The summed E-state index contributed by atoms with van der Waals surface area (Å²) >= 11 is 0. The first kappa shape index (κ1) is 21.5. The Kier molecular flexibility index (Phi) is 7.05. The van der Waals surface area contributed by atoms with Gasteiger partial charge in [-0.2, -0.15) is 8.42 Å². The highest BCUT2D eigenvalue weighted by molar-refractivity contribution is 7.80. The molecule has 2 atom stereocenters. The Hall–Kier alpha value is -1.57. The molecule has 2 aliphatic rings. The fourth-order valence-corrected chi connectivity index (χ4v) is 3.45. The largest absolute Gasteiger partial charge is 0.397 e. The molecule has 7 heteroatoms. The van der Waals surface area contributed by atoms with Crippen LogP contribution < -0.4 is 0 Å². The number of hydrogen-bond acceptors (Lipinski definition) is 5. The molecule has 2 fully saturated rings. The second-order valence-corrected chi connectivity index (χ2v) is 8.25. The first-order chi connectivity index (χ1) is 11.5. The molecule has 1 aromatic carbocycles. The normalized spacial score (nSPS) is 26.1. The van der Waals surface area contributed by atoms with Crippen LogP contribution in [0.5, 0.6) is 0 Å². The van der Waals surface area contributed by atoms with Crippen molar-refractivity contribution in [2.24, 2.45) is 16.7 Å². The van der Waals surface area contributed by atoms with E-state index >= 15 is 0 Å². The molecule has 0 aromatic heterocycles. The van der Waals surface area contributed by atoms with E-state index in [9.17, 15) is 13.2 Å². The SMILES string of the molecule is CC12CCC(CC1=O)C2(C)C.COS(=O)(=O)O.N=Cc1ccccc1. The molecule has 0 amide bonds. The van der Waals surface area contributed by atoms with Gasteiger partial charge in [-0.1, -0.05) is 51.1 Å². The third kappa shape index (κ3) is 5.20. The van der Waals surface area contributed by atoms with Crippen LogP contribution in [-0.4, -0.2) is 32.1 Å². The van der Waals surface area contributed by atoms with Crippen molar-refractivity contribution in [2.75, 3.05) is 7.11 Å². The summed E-state index contributed by atoms with van der Waals surface area (Å²) in [6.45, 7) is 6.67. The highest BCUT2D eigenvalue weighted by Crippen LogP contribution is 2.63. The van der Waals surface area contributed by atoms with Crippen molar-refractivity contribution in [1.29, 1.82) is 5.41 Å². The molecule has 1 aromatic rings. The molecular formula is C18H27NO5S. The third-order valence-corrected chi connectivity index (χ3v) is 6.08. The lowest BCUT2D eigenvalue weighted by molar-refractivity contribution is -0.128. The maximum Gasteiger partial charge on any atom is 0.397 e. The van der Waals surface area contributed by atoms with Crippen LogP contribution in [0.15, 0.2) is 30.3 Å². The monoisotopic (exact) mass is 369 g/mol. The zero-order valence-corrected chi connectivity index (χ0v) is 16.0. The molecule has 0 heterocycles. The number of rotatable bonds is 2. The summed E-state index contributed by atoms with van der Waals surface area (Å²) in [4.78, 5) is 11.6. The summed E-state index contributed by atoms with van der Waals surface area (Å²) in [5, 5.41) is 6.82. The van der Waals surface area contributed by atoms with Gasteiger partial charge in [-0.15, -0.1) is 0 Å². The molecular weight excluding hydrogens is 342 g/mol. The van der Waals surface area contributed by atoms with Gasteiger partial charge < -0.3 is 5.41 Å². The number of benzene rings is 1. The van der Waals surface area contributed by atoms with E-state index in [4.69, 9.17) is 9.96 Å². The Bertz CT molecular complexity index is 699. The summed E-state index contributed by atoms with van der Waals surface area (Å²) in [6.07, 6.45) is 4.59. The number of ketones is 1. The summed E-state index contributed by atoms with van der Waals surface area (Å²) in [6, 6.07) is 9.56. The highest BCUT2D eigenvalue weighted by atomic mass is 32.3. The van der Waals surface area contributed by atoms with Gasteiger partial charge >= 0.3 is 10.4 Å². The topological polar surface area (TPSA) is 105 Å². The van der Waals surface area contributed by atoms with Crippen molar-refractivity contribution < 1.29 is 21.9 Å². The van der Waals surface area contributed by atoms with Gasteiger partial charge in [-0.05, 0) is 29.7 Å². The van der Waals surface area contributed by atoms with Crippen LogP contribution in [-0.2, 0) is 19.4 Å². The zero-order valence-electron chi connectivity index (χ0n) is 15.2. The smallest absolute Gasteiger partial charge is 0.308 e. The Balaban J connectivity index is 0.000000199. The Morgan fingerprint density at radius 3 is 1.96 bits per heavy atom. The lowest BCUT2D eigenvalue weighted by atomic mass is 9.70. The third-order valence-electron chi connectivity index (χ3n) is 5.66. The minimum Gasteiger partial charge on any atom is -0.308 e. The summed E-state index contributed by atoms with van der Waals surface area (Å²) in [5.74, 6) is 1.19. The number of nitrogens with one attached hydrogen (secondary N) is 1. The molecule has 6 nitrogen and oxygen atoms in total. The van der Waals surface area contributed by atoms with Crippen molar-refractivity contribution in [3.63, 3.8) is 0 Å². The maximum absolute atomic E-state index is 11.6. The minimum absolute atomic E-state index is 0.0255. The number of fused-ring (bicyclic) bond motifs is 2. The van der Waals surface area contributed by atoms with E-state index < -0.39 is 10.4 Å². The van der Waals surface area contributed by atoms with E-state index in [0.29, 0.717) is 11.7 Å². The molecule has 2 bridgehead atoms. The molecule has 0 spiro atoms. The van der Waals surface area contributed by atoms with Crippen LogP contribution in [0.2, 0.25) is 0 Å². The molecule has 2 saturated carbocycles. The van der Waals surface area contributed by atoms with Gasteiger partial charge in [-0.3, -0.25) is 13.5 Å². The van der Waals surface area contributed by atoms with Crippen molar-refractivity contribution in [3.05, 3.63) is 35.9 Å². The van der Waals surface area contributed by atoms with Gasteiger partial charge in [0, 0.05) is 18.1 Å². The van der Waals surface area contributed by atoms with Gasteiger partial charge in [0.1, 0.15) is 5.78 Å². The number of hydrogen-bond donors (Lipinski definition) is 2. The van der Waals surface area contributed by atoms with Crippen molar-refractivity contribution in [2.45, 2.75) is 40.0 Å². The minimum atomic E-state index is -4.16. The van der Waals surface area contributed by atoms with Gasteiger partial charge in [-0.25, -0.2) is 0 Å². The van der Waals surface area contributed by atoms with Crippen molar-refractivity contribution in [1.82, 2.24) is 0 Å². The average Bonchev–Trinajstić information content (AvgIpc) is 2.89. The molecule has 140 valence electrons. The highest BCUT2D eigenvalue weighted by Gasteiger charge is 2.61. The molecule has 0 saturated heterocycles. The first-order valence-corrected chi connectivity index (χ1v) is 9.46. The van der Waals surface area contributed by atoms with Crippen molar-refractivity contribution in [3.8, 4) is 0 Å². The lowest BCUT2D eigenvalue weighted by Crippen LogP contribution is -2.32. The quantitative estimate of drug-likeness (QED) is 0.613. The van der Waals surface area contributed by atoms with E-state index in [1.54, 1.807) is 0 Å². The molecule has 25 heavy (non-hydrogen) atoms. The predicted octanol–water partition coefficient (Wildman–Crippen LogP) is 3.52. The lowest BCUT2D eigenvalue weighted by Gasteiger charge is -2.32. The molecule has 2 aliphatic carbocycles. The average molecular weight is 369 g/mol. The Morgan fingerprint density at radius 1 is 1.24 bits per heavy atom. The number of carbonyl (C=O) groups is 1. The maximum atomic E-state index is 11.6. The van der Waals surface area contributed by atoms with Gasteiger partial charge in [0.2, 0.25) is 0 Å². The summed E-state index contributed by atoms with van der Waals surface area (Å²) in [7, 11) is -3.29. The first-order valence-electron chi connectivity index (χ1n) is 8.10. The summed E-state index contributed by atoms with van der Waals surface area (Å²) in [5.41, 5.74) is 1.26. The van der Waals surface area contributed by atoms with Gasteiger partial charge in [0.25, 0.3) is 0 Å². The standard InChI is InChI=1S/C10H16O.C7H7N.CH4O4S/c1-9(2)7-4-5-10(9,3)8(11)6-7;8-6-7-4-2-1-3-5-7;1-5-6(2,3)4/h7H,4-6H2,1-3H3;1-6,8H;1H3,(H,2,3,4). The van der Waals surface area contributed by atoms with Crippen LogP contribution in [0.3, 0.4) is 0 Å². The van der Waals surface area contributed by atoms with E-state index in [2.05, 4.69) is 25.0 Å². The van der Waals surface area contributed by atoms with E-state index in [-0.39, 0.29) is 10.8 Å². The molecule has 0 aliphatic heterocycles. The molecule has 2 N–H and O–H groups in total. The fraction of sp³-hybridized carbons (Fsp3) is 0.556. The number of Topliss-reactive ketones (excluding diaryl/α,β-unsaturated/α-hetero) is 1. The summed E-state index contributed by atoms with van der Waals surface area (Å²) < 4.78 is 29.7. The Morgan fingerprint density at radius 2 is 1.76 bits per heavy atom. The van der Waals surface area contributed by atoms with Crippen LogP contribution >= 0.6 is 0 Å². The van der Waals surface area contributed by atoms with E-state index in [1.807, 2.05) is 30.3 Å². The second-order valence-electron chi connectivity index (χ2n) is 7.07. The number of carbonyl (C=O) groups excluding carboxylic acids is 1. The molecule has 2 unspecified atom stereocenters. The second kappa shape index (κ2) is 8.21. The van der Waals surface area contributed by atoms with Gasteiger partial charge in [0.05, 0.1) is 7.11 Å². The molecule has 3 rings (SSSR count). The van der Waals surface area contributed by atoms with Crippen LogP contribution in [0, 0.1) is 22.2 Å². The van der Waals surface area contributed by atoms with Crippen LogP contribution in [0.4, 0.5) is 0 Å². The molecule has 0 radical (unpaired) electrons. The predicted molar refractivity (Wildman–Crippen MR) is 97.1 cm³/mol. The van der Waals surface area contributed by atoms with Gasteiger partial charge in [0.15, 0.2) is 0 Å². The van der Waals surface area contributed by atoms with Crippen molar-refractivity contribution >= 4 is 22.4 Å².